The average Bonchev–Trinajstić information content (AvgIpc) is 3.33. The molecular weight excluding hydrogens is 334 g/mol. The molecule has 2 aliphatic heterocycles. The van der Waals surface area contributed by atoms with Crippen molar-refractivity contribution in [3.63, 3.8) is 0 Å². The Morgan fingerprint density at radius 3 is 3.08 bits per heavy atom. The molecule has 134 valence electrons. The molecule has 0 aromatic carbocycles. The summed E-state index contributed by atoms with van der Waals surface area (Å²) in [4.78, 5) is 18.7. The first-order valence-electron chi connectivity index (χ1n) is 8.44. The Morgan fingerprint density at radius 2 is 2.38 bits per heavy atom. The number of carbonyl (C=O) groups is 1. The summed E-state index contributed by atoms with van der Waals surface area (Å²) in [6.45, 7) is 2.85. The van der Waals surface area contributed by atoms with Crippen LogP contribution in [0.15, 0.2) is 30.7 Å². The van der Waals surface area contributed by atoms with E-state index in [-0.39, 0.29) is 17.2 Å². The first-order chi connectivity index (χ1) is 12.6. The number of nitrogens with zero attached hydrogens (tertiary/aromatic N) is 5. The second kappa shape index (κ2) is 6.42. The highest BCUT2D eigenvalue weighted by Crippen LogP contribution is 2.42. The monoisotopic (exact) mass is 353 g/mol. The van der Waals surface area contributed by atoms with Gasteiger partial charge in [-0.1, -0.05) is 0 Å². The molecule has 8 heteroatoms. The van der Waals surface area contributed by atoms with Crippen LogP contribution in [0.1, 0.15) is 15.9 Å². The molecule has 0 radical (unpaired) electrons. The van der Waals surface area contributed by atoms with Crippen LogP contribution >= 0.6 is 0 Å². The van der Waals surface area contributed by atoms with Crippen LogP contribution in [0.4, 0.5) is 0 Å². The molecule has 4 heterocycles. The molecule has 2 saturated heterocycles. The van der Waals surface area contributed by atoms with Crippen molar-refractivity contribution in [2.45, 2.75) is 0 Å². The normalized spacial score (nSPS) is 24.3. The molecule has 2 atom stereocenters. The summed E-state index contributed by atoms with van der Waals surface area (Å²) in [7, 11) is 1.79. The number of carbonyl (C=O) groups excluding carboxylic acids is 1. The Labute approximate surface area is 150 Å². The Morgan fingerprint density at radius 1 is 1.50 bits per heavy atom. The van der Waals surface area contributed by atoms with E-state index in [4.69, 9.17) is 14.7 Å². The fourth-order valence-corrected chi connectivity index (χ4v) is 3.65. The van der Waals surface area contributed by atoms with E-state index in [1.807, 2.05) is 11.0 Å². The first-order valence-corrected chi connectivity index (χ1v) is 8.44. The van der Waals surface area contributed by atoms with Gasteiger partial charge in [0.1, 0.15) is 6.07 Å². The lowest BCUT2D eigenvalue weighted by molar-refractivity contribution is 0.0655. The second-order valence-corrected chi connectivity index (χ2v) is 6.95. The van der Waals surface area contributed by atoms with Crippen LogP contribution in [0.25, 0.3) is 0 Å². The molecular formula is C18H19N5O3. The summed E-state index contributed by atoms with van der Waals surface area (Å²) >= 11 is 0. The molecule has 0 bridgehead atoms. The van der Waals surface area contributed by atoms with E-state index >= 15 is 0 Å². The van der Waals surface area contributed by atoms with Crippen LogP contribution < -0.4 is 4.74 Å². The number of hydrogen-bond donors (Lipinski definition) is 0. The van der Waals surface area contributed by atoms with Gasteiger partial charge < -0.3 is 14.4 Å². The van der Waals surface area contributed by atoms with Crippen molar-refractivity contribution in [3.05, 3.63) is 41.9 Å². The van der Waals surface area contributed by atoms with Crippen molar-refractivity contribution in [2.24, 2.45) is 18.4 Å². The fraction of sp³-hybridized carbons (Fsp3) is 0.444. The Balaban J connectivity index is 1.45. The second-order valence-electron chi connectivity index (χ2n) is 6.95. The summed E-state index contributed by atoms with van der Waals surface area (Å²) in [5.41, 5.74) is 0.859. The minimum Gasteiger partial charge on any atom is -0.477 e. The SMILES string of the molecule is Cn1cc(C(=O)N2C[C@@H]3COC[C@@]3(COc3ccc(C#N)cn3)C2)cn1. The minimum atomic E-state index is -0.229. The number of rotatable bonds is 4. The maximum atomic E-state index is 12.7. The number of amides is 1. The molecule has 0 unspecified atom stereocenters. The van der Waals surface area contributed by atoms with Crippen LogP contribution in [0.3, 0.4) is 0 Å². The third-order valence-corrected chi connectivity index (χ3v) is 5.13. The zero-order valence-corrected chi connectivity index (χ0v) is 14.5. The summed E-state index contributed by atoms with van der Waals surface area (Å²) in [5, 5.41) is 12.9. The topological polar surface area (TPSA) is 93.3 Å². The predicted octanol–water partition coefficient (Wildman–Crippen LogP) is 0.854. The molecule has 8 nitrogen and oxygen atoms in total. The molecule has 4 rings (SSSR count). The van der Waals surface area contributed by atoms with Gasteiger partial charge in [0, 0.05) is 44.5 Å². The van der Waals surface area contributed by atoms with Crippen LogP contribution in [-0.4, -0.2) is 58.5 Å². The molecule has 1 amide bonds. The molecule has 0 N–H and O–H groups in total. The van der Waals surface area contributed by atoms with Crippen molar-refractivity contribution in [3.8, 4) is 11.9 Å². The van der Waals surface area contributed by atoms with E-state index < -0.39 is 0 Å². The number of likely N-dealkylation sites (tertiary alicyclic amines) is 1. The number of pyridine rings is 1. The summed E-state index contributed by atoms with van der Waals surface area (Å²) < 4.78 is 13.2. The van der Waals surface area contributed by atoms with E-state index in [1.165, 1.54) is 6.20 Å². The number of fused-ring (bicyclic) bond motifs is 1. The molecule has 2 aromatic rings. The van der Waals surface area contributed by atoms with Gasteiger partial charge in [-0.3, -0.25) is 9.48 Å². The number of aryl methyl sites for hydroxylation is 1. The Hall–Kier alpha value is -2.92. The van der Waals surface area contributed by atoms with Gasteiger partial charge in [0.15, 0.2) is 0 Å². The van der Waals surface area contributed by atoms with Gasteiger partial charge in [-0.25, -0.2) is 4.98 Å². The smallest absolute Gasteiger partial charge is 0.257 e. The van der Waals surface area contributed by atoms with Gasteiger partial charge in [0.05, 0.1) is 42.6 Å². The fourth-order valence-electron chi connectivity index (χ4n) is 3.65. The van der Waals surface area contributed by atoms with Crippen molar-refractivity contribution < 1.29 is 14.3 Å². The first kappa shape index (κ1) is 16.5. The number of ether oxygens (including phenoxy) is 2. The molecule has 26 heavy (non-hydrogen) atoms. The van der Waals surface area contributed by atoms with Crippen LogP contribution in [0.2, 0.25) is 0 Å². The van der Waals surface area contributed by atoms with Crippen LogP contribution in [-0.2, 0) is 11.8 Å². The minimum absolute atomic E-state index is 0.0108. The summed E-state index contributed by atoms with van der Waals surface area (Å²) in [5.74, 6) is 0.700. The molecule has 2 fully saturated rings. The van der Waals surface area contributed by atoms with Crippen molar-refractivity contribution in [1.29, 1.82) is 5.26 Å². The lowest BCUT2D eigenvalue weighted by Crippen LogP contribution is -2.38. The van der Waals surface area contributed by atoms with Crippen molar-refractivity contribution in [1.82, 2.24) is 19.7 Å². The van der Waals surface area contributed by atoms with Gasteiger partial charge in [-0.05, 0) is 6.07 Å². The molecule has 0 saturated carbocycles. The number of aromatic nitrogens is 3. The zero-order chi connectivity index (χ0) is 18.1. The Kier molecular flexibility index (Phi) is 4.09. The van der Waals surface area contributed by atoms with Crippen LogP contribution in [0, 0.1) is 22.7 Å². The summed E-state index contributed by atoms with van der Waals surface area (Å²) in [6, 6.07) is 5.40. The largest absolute Gasteiger partial charge is 0.477 e. The van der Waals surface area contributed by atoms with Gasteiger partial charge in [-0.15, -0.1) is 0 Å². The zero-order valence-electron chi connectivity index (χ0n) is 14.5. The summed E-state index contributed by atoms with van der Waals surface area (Å²) in [6.07, 6.45) is 4.82. The lowest BCUT2D eigenvalue weighted by Gasteiger charge is -2.26. The van der Waals surface area contributed by atoms with Gasteiger partial charge in [-0.2, -0.15) is 10.4 Å². The van der Waals surface area contributed by atoms with E-state index in [0.717, 1.165) is 0 Å². The number of nitriles is 1. The highest BCUT2D eigenvalue weighted by molar-refractivity contribution is 5.94. The predicted molar refractivity (Wildman–Crippen MR) is 90.3 cm³/mol. The average molecular weight is 353 g/mol. The molecule has 0 spiro atoms. The number of hydrogen-bond acceptors (Lipinski definition) is 6. The molecule has 2 aromatic heterocycles. The Bertz CT molecular complexity index is 856. The highest BCUT2D eigenvalue weighted by Gasteiger charge is 2.52. The maximum absolute atomic E-state index is 12.7. The maximum Gasteiger partial charge on any atom is 0.257 e. The van der Waals surface area contributed by atoms with Gasteiger partial charge in [0.2, 0.25) is 5.88 Å². The quantitative estimate of drug-likeness (QED) is 0.809. The van der Waals surface area contributed by atoms with Crippen molar-refractivity contribution >= 4 is 5.91 Å². The lowest BCUT2D eigenvalue weighted by atomic mass is 9.82. The highest BCUT2D eigenvalue weighted by atomic mass is 16.5. The van der Waals surface area contributed by atoms with Crippen LogP contribution in [0.5, 0.6) is 5.88 Å². The third kappa shape index (κ3) is 2.91. The van der Waals surface area contributed by atoms with E-state index in [2.05, 4.69) is 10.1 Å². The van der Waals surface area contributed by atoms with E-state index in [1.54, 1.807) is 36.3 Å². The van der Waals surface area contributed by atoms with E-state index in [0.29, 0.717) is 49.9 Å². The van der Waals surface area contributed by atoms with Gasteiger partial charge in [0.25, 0.3) is 5.91 Å². The molecule has 2 aliphatic rings. The van der Waals surface area contributed by atoms with Gasteiger partial charge >= 0.3 is 0 Å². The standard InChI is InChI=1S/C18H19N5O3/c1-22-7-14(6-21-22)17(24)23-8-15-9-25-11-18(15,10-23)12-26-16-3-2-13(4-19)5-20-16/h2-3,5-7,15H,8-12H2,1H3/t15-,18-/m1/s1. The van der Waals surface area contributed by atoms with Crippen molar-refractivity contribution in [2.75, 3.05) is 32.9 Å². The van der Waals surface area contributed by atoms with E-state index in [9.17, 15) is 4.79 Å². The molecule has 0 aliphatic carbocycles. The third-order valence-electron chi connectivity index (χ3n) is 5.13.